The van der Waals surface area contributed by atoms with Crippen LogP contribution in [0.25, 0.3) is 0 Å². The lowest BCUT2D eigenvalue weighted by Gasteiger charge is -2.08. The molecule has 2 N–H and O–H groups in total. The number of carboxylic acids is 1. The minimum Gasteiger partial charge on any atom is -0.478 e. The van der Waals surface area contributed by atoms with Crippen LogP contribution >= 0.6 is 0 Å². The quantitative estimate of drug-likeness (QED) is 0.804. The summed E-state index contributed by atoms with van der Waals surface area (Å²) < 4.78 is 26.4. The van der Waals surface area contributed by atoms with Crippen LogP contribution in [0.5, 0.6) is 0 Å². The Morgan fingerprint density at radius 2 is 1.86 bits per heavy atom. The van der Waals surface area contributed by atoms with Gasteiger partial charge in [0, 0.05) is 12.1 Å². The van der Waals surface area contributed by atoms with Gasteiger partial charge >= 0.3 is 5.97 Å². The van der Waals surface area contributed by atoms with Gasteiger partial charge < -0.3 is 10.4 Å². The lowest BCUT2D eigenvalue weighted by molar-refractivity contribution is 0.0695. The predicted molar refractivity (Wildman–Crippen MR) is 75.2 cm³/mol. The smallest absolute Gasteiger partial charge is 0.335 e. The van der Waals surface area contributed by atoms with Crippen LogP contribution in [-0.4, -0.2) is 17.6 Å². The maximum atomic E-state index is 13.4. The molecule has 3 nitrogen and oxygen atoms in total. The largest absolute Gasteiger partial charge is 0.478 e. The molecule has 0 saturated heterocycles. The van der Waals surface area contributed by atoms with E-state index in [9.17, 15) is 13.6 Å². The molecule has 0 aromatic heterocycles. The third kappa shape index (κ3) is 4.10. The minimum absolute atomic E-state index is 0.193. The first kappa shape index (κ1) is 15.1. The van der Waals surface area contributed by atoms with Crippen LogP contribution < -0.4 is 5.32 Å². The van der Waals surface area contributed by atoms with Crippen molar-refractivity contribution < 1.29 is 18.7 Å². The van der Waals surface area contributed by atoms with E-state index in [2.05, 4.69) is 5.32 Å². The number of carbonyl (C=O) groups is 1. The van der Waals surface area contributed by atoms with E-state index in [1.54, 1.807) is 24.3 Å². The zero-order chi connectivity index (χ0) is 15.2. The van der Waals surface area contributed by atoms with Crippen molar-refractivity contribution in [3.8, 4) is 0 Å². The summed E-state index contributed by atoms with van der Waals surface area (Å²) in [5, 5.41) is 12.0. The molecule has 21 heavy (non-hydrogen) atoms. The van der Waals surface area contributed by atoms with E-state index in [0.717, 1.165) is 18.2 Å². The molecule has 0 aliphatic carbocycles. The molecule has 0 amide bonds. The van der Waals surface area contributed by atoms with Gasteiger partial charge in [-0.3, -0.25) is 0 Å². The van der Waals surface area contributed by atoms with Crippen LogP contribution in [0.4, 0.5) is 8.78 Å². The number of hydrogen-bond acceptors (Lipinski definition) is 2. The zero-order valence-electron chi connectivity index (χ0n) is 11.3. The SMILES string of the molecule is O=C(O)c1ccccc1CCNCc1cc(F)ccc1F. The highest BCUT2D eigenvalue weighted by Crippen LogP contribution is 2.11. The fourth-order valence-corrected chi connectivity index (χ4v) is 2.07. The van der Waals surface area contributed by atoms with E-state index in [4.69, 9.17) is 5.11 Å². The van der Waals surface area contributed by atoms with E-state index in [1.807, 2.05) is 0 Å². The summed E-state index contributed by atoms with van der Waals surface area (Å²) >= 11 is 0. The number of rotatable bonds is 6. The molecule has 0 unspecified atom stereocenters. The second-order valence-corrected chi connectivity index (χ2v) is 4.62. The summed E-state index contributed by atoms with van der Waals surface area (Å²) in [5.41, 5.74) is 1.22. The lowest BCUT2D eigenvalue weighted by Crippen LogP contribution is -2.18. The second-order valence-electron chi connectivity index (χ2n) is 4.62. The maximum Gasteiger partial charge on any atom is 0.335 e. The highest BCUT2D eigenvalue weighted by molar-refractivity contribution is 5.89. The average Bonchev–Trinajstić information content (AvgIpc) is 2.47. The van der Waals surface area contributed by atoms with Crippen molar-refractivity contribution in [1.29, 1.82) is 0 Å². The van der Waals surface area contributed by atoms with Crippen molar-refractivity contribution >= 4 is 5.97 Å². The Morgan fingerprint density at radius 1 is 1.10 bits per heavy atom. The van der Waals surface area contributed by atoms with Gasteiger partial charge in [-0.1, -0.05) is 18.2 Å². The van der Waals surface area contributed by atoms with Crippen molar-refractivity contribution in [3.05, 3.63) is 70.8 Å². The van der Waals surface area contributed by atoms with Crippen LogP contribution in [0.2, 0.25) is 0 Å². The molecule has 2 aromatic carbocycles. The lowest BCUT2D eigenvalue weighted by atomic mass is 10.0. The molecule has 0 bridgehead atoms. The summed E-state index contributed by atoms with van der Waals surface area (Å²) in [4.78, 5) is 11.0. The van der Waals surface area contributed by atoms with Crippen molar-refractivity contribution in [3.63, 3.8) is 0 Å². The first-order chi connectivity index (χ1) is 10.1. The first-order valence-electron chi connectivity index (χ1n) is 6.54. The monoisotopic (exact) mass is 291 g/mol. The van der Waals surface area contributed by atoms with Gasteiger partial charge in [0.1, 0.15) is 11.6 Å². The van der Waals surface area contributed by atoms with Gasteiger partial charge in [-0.2, -0.15) is 0 Å². The van der Waals surface area contributed by atoms with Crippen molar-refractivity contribution in [1.82, 2.24) is 5.32 Å². The van der Waals surface area contributed by atoms with Crippen LogP contribution in [-0.2, 0) is 13.0 Å². The summed E-state index contributed by atoms with van der Waals surface area (Å²) in [5.74, 6) is -1.92. The summed E-state index contributed by atoms with van der Waals surface area (Å²) in [6.45, 7) is 0.666. The molecule has 0 spiro atoms. The molecular formula is C16H15F2NO2. The van der Waals surface area contributed by atoms with Crippen molar-refractivity contribution in [2.24, 2.45) is 0 Å². The Morgan fingerprint density at radius 3 is 2.62 bits per heavy atom. The van der Waals surface area contributed by atoms with Gasteiger partial charge in [0.25, 0.3) is 0 Å². The molecular weight excluding hydrogens is 276 g/mol. The van der Waals surface area contributed by atoms with E-state index < -0.39 is 17.6 Å². The van der Waals surface area contributed by atoms with E-state index >= 15 is 0 Å². The van der Waals surface area contributed by atoms with Crippen LogP contribution in [0, 0.1) is 11.6 Å². The zero-order valence-corrected chi connectivity index (χ0v) is 11.3. The Kier molecular flexibility index (Phi) is 5.00. The normalized spacial score (nSPS) is 10.6. The molecule has 0 aliphatic rings. The third-order valence-corrected chi connectivity index (χ3v) is 3.14. The maximum absolute atomic E-state index is 13.4. The summed E-state index contributed by atoms with van der Waals surface area (Å²) in [6, 6.07) is 10.0. The fraction of sp³-hybridized carbons (Fsp3) is 0.188. The molecule has 5 heteroatoms. The standard InChI is InChI=1S/C16H15F2NO2/c17-13-5-6-15(18)12(9-13)10-19-8-7-11-3-1-2-4-14(11)16(20)21/h1-6,9,19H,7-8,10H2,(H,20,21). The molecule has 110 valence electrons. The highest BCUT2D eigenvalue weighted by Gasteiger charge is 2.08. The molecule has 0 aliphatic heterocycles. The Bertz CT molecular complexity index is 644. The van der Waals surface area contributed by atoms with Crippen LogP contribution in [0.3, 0.4) is 0 Å². The average molecular weight is 291 g/mol. The molecule has 0 radical (unpaired) electrons. The number of benzene rings is 2. The molecule has 0 atom stereocenters. The van der Waals surface area contributed by atoms with Gasteiger partial charge in [-0.25, -0.2) is 13.6 Å². The summed E-state index contributed by atoms with van der Waals surface area (Å²) in [7, 11) is 0. The van der Waals surface area contributed by atoms with Crippen LogP contribution in [0.15, 0.2) is 42.5 Å². The Hall–Kier alpha value is -2.27. The first-order valence-corrected chi connectivity index (χ1v) is 6.54. The number of hydrogen-bond donors (Lipinski definition) is 2. The number of halogens is 2. The van der Waals surface area contributed by atoms with Gasteiger partial charge in [-0.05, 0) is 42.8 Å². The topological polar surface area (TPSA) is 49.3 Å². The van der Waals surface area contributed by atoms with Gasteiger partial charge in [0.05, 0.1) is 5.56 Å². The number of aromatic carboxylic acids is 1. The molecule has 2 rings (SSSR count). The molecule has 0 saturated carbocycles. The molecule has 0 heterocycles. The number of carboxylic acid groups (broad SMARTS) is 1. The molecule has 2 aromatic rings. The van der Waals surface area contributed by atoms with Crippen molar-refractivity contribution in [2.45, 2.75) is 13.0 Å². The van der Waals surface area contributed by atoms with Gasteiger partial charge in [0.2, 0.25) is 0 Å². The third-order valence-electron chi connectivity index (χ3n) is 3.14. The fourth-order valence-electron chi connectivity index (χ4n) is 2.07. The highest BCUT2D eigenvalue weighted by atomic mass is 19.1. The van der Waals surface area contributed by atoms with E-state index in [1.165, 1.54) is 0 Å². The molecule has 0 fully saturated rings. The Balaban J connectivity index is 1.91. The summed E-state index contributed by atoms with van der Waals surface area (Å²) in [6.07, 6.45) is 0.499. The Labute approximate surface area is 121 Å². The van der Waals surface area contributed by atoms with Gasteiger partial charge in [0.15, 0.2) is 0 Å². The predicted octanol–water partition coefficient (Wildman–Crippen LogP) is 3.00. The van der Waals surface area contributed by atoms with Crippen LogP contribution in [0.1, 0.15) is 21.5 Å². The van der Waals surface area contributed by atoms with E-state index in [-0.39, 0.29) is 17.7 Å². The van der Waals surface area contributed by atoms with E-state index in [0.29, 0.717) is 18.5 Å². The minimum atomic E-state index is -0.971. The van der Waals surface area contributed by atoms with Gasteiger partial charge in [-0.15, -0.1) is 0 Å². The van der Waals surface area contributed by atoms with Crippen molar-refractivity contribution in [2.75, 3.05) is 6.54 Å². The second kappa shape index (κ2) is 6.95. The number of nitrogens with one attached hydrogen (secondary N) is 1.